The minimum atomic E-state index is -0.324. The third-order valence-corrected chi connectivity index (χ3v) is 3.61. The Kier molecular flexibility index (Phi) is 8.74. The number of benzene rings is 1. The number of carbonyl (C=O) groups is 1. The van der Waals surface area contributed by atoms with E-state index in [1.165, 1.54) is 0 Å². The molecular formula is C16H25ClN2O2. The van der Waals surface area contributed by atoms with Crippen LogP contribution in [0, 0.1) is 0 Å². The van der Waals surface area contributed by atoms with Gasteiger partial charge in [-0.2, -0.15) is 0 Å². The van der Waals surface area contributed by atoms with E-state index in [1.807, 2.05) is 13.8 Å². The van der Waals surface area contributed by atoms with Gasteiger partial charge in [0.15, 0.2) is 0 Å². The molecule has 4 nitrogen and oxygen atoms in total. The zero-order valence-corrected chi connectivity index (χ0v) is 13.5. The topological polar surface area (TPSA) is 64.3 Å². The molecule has 0 bridgehead atoms. The highest BCUT2D eigenvalue weighted by atomic mass is 35.5. The SMILES string of the molecule is C=CCOc1ccc(C(=O)NC(CC)(CC)CN)cc1.Cl. The molecule has 1 aromatic rings. The van der Waals surface area contributed by atoms with E-state index in [1.54, 1.807) is 30.3 Å². The summed E-state index contributed by atoms with van der Waals surface area (Å²) < 4.78 is 5.38. The Balaban J connectivity index is 0.00000400. The van der Waals surface area contributed by atoms with Gasteiger partial charge in [0.05, 0.1) is 5.54 Å². The lowest BCUT2D eigenvalue weighted by molar-refractivity contribution is 0.0895. The number of hydrogen-bond donors (Lipinski definition) is 2. The van der Waals surface area contributed by atoms with E-state index >= 15 is 0 Å². The number of nitrogens with one attached hydrogen (secondary N) is 1. The van der Waals surface area contributed by atoms with Gasteiger partial charge in [-0.05, 0) is 37.1 Å². The number of carbonyl (C=O) groups excluding carboxylic acids is 1. The first-order valence-electron chi connectivity index (χ1n) is 6.97. The van der Waals surface area contributed by atoms with Gasteiger partial charge in [0.2, 0.25) is 0 Å². The van der Waals surface area contributed by atoms with Crippen molar-refractivity contribution in [1.29, 1.82) is 0 Å². The Bertz CT molecular complexity index is 434. The molecule has 1 amide bonds. The van der Waals surface area contributed by atoms with E-state index in [0.717, 1.165) is 18.6 Å². The van der Waals surface area contributed by atoms with Crippen LogP contribution in [0.25, 0.3) is 0 Å². The second-order valence-corrected chi connectivity index (χ2v) is 4.77. The van der Waals surface area contributed by atoms with Crippen molar-refractivity contribution in [3.05, 3.63) is 42.5 Å². The second kappa shape index (κ2) is 9.42. The average molecular weight is 313 g/mol. The summed E-state index contributed by atoms with van der Waals surface area (Å²) in [7, 11) is 0. The summed E-state index contributed by atoms with van der Waals surface area (Å²) in [6.45, 7) is 8.54. The molecule has 0 fully saturated rings. The van der Waals surface area contributed by atoms with Crippen molar-refractivity contribution in [2.45, 2.75) is 32.2 Å². The third kappa shape index (κ3) is 5.40. The lowest BCUT2D eigenvalue weighted by atomic mass is 9.92. The summed E-state index contributed by atoms with van der Waals surface area (Å²) >= 11 is 0. The van der Waals surface area contributed by atoms with Crippen LogP contribution in [0.2, 0.25) is 0 Å². The van der Waals surface area contributed by atoms with Gasteiger partial charge in [0.1, 0.15) is 12.4 Å². The van der Waals surface area contributed by atoms with Gasteiger partial charge >= 0.3 is 0 Å². The lowest BCUT2D eigenvalue weighted by Gasteiger charge is -2.31. The van der Waals surface area contributed by atoms with E-state index in [2.05, 4.69) is 11.9 Å². The van der Waals surface area contributed by atoms with Crippen molar-refractivity contribution in [2.24, 2.45) is 5.73 Å². The van der Waals surface area contributed by atoms with Crippen LogP contribution in [0.4, 0.5) is 0 Å². The van der Waals surface area contributed by atoms with E-state index < -0.39 is 0 Å². The molecule has 21 heavy (non-hydrogen) atoms. The van der Waals surface area contributed by atoms with Gasteiger partial charge in [-0.3, -0.25) is 4.79 Å². The molecule has 0 aromatic heterocycles. The maximum absolute atomic E-state index is 12.2. The van der Waals surface area contributed by atoms with Crippen molar-refractivity contribution >= 4 is 18.3 Å². The monoisotopic (exact) mass is 312 g/mol. The number of nitrogens with two attached hydrogens (primary N) is 1. The molecule has 118 valence electrons. The maximum Gasteiger partial charge on any atom is 0.251 e. The predicted molar refractivity (Wildman–Crippen MR) is 89.2 cm³/mol. The van der Waals surface area contributed by atoms with Crippen molar-refractivity contribution in [3.8, 4) is 5.75 Å². The minimum absolute atomic E-state index is 0. The van der Waals surface area contributed by atoms with E-state index in [9.17, 15) is 4.79 Å². The number of hydrogen-bond acceptors (Lipinski definition) is 3. The molecule has 0 aliphatic heterocycles. The van der Waals surface area contributed by atoms with E-state index in [4.69, 9.17) is 10.5 Å². The fourth-order valence-corrected chi connectivity index (χ4v) is 1.94. The molecule has 0 aliphatic carbocycles. The highest BCUT2D eigenvalue weighted by Crippen LogP contribution is 2.16. The van der Waals surface area contributed by atoms with Gasteiger partial charge in [-0.15, -0.1) is 12.4 Å². The summed E-state index contributed by atoms with van der Waals surface area (Å²) in [5.74, 6) is 0.618. The van der Waals surface area contributed by atoms with Crippen LogP contribution in [0.15, 0.2) is 36.9 Å². The van der Waals surface area contributed by atoms with Gasteiger partial charge in [0, 0.05) is 12.1 Å². The number of ether oxygens (including phenoxy) is 1. The van der Waals surface area contributed by atoms with Crippen molar-refractivity contribution < 1.29 is 9.53 Å². The van der Waals surface area contributed by atoms with Crippen LogP contribution in [-0.2, 0) is 0 Å². The zero-order valence-electron chi connectivity index (χ0n) is 12.7. The minimum Gasteiger partial charge on any atom is -0.490 e. The van der Waals surface area contributed by atoms with E-state index in [0.29, 0.717) is 18.7 Å². The Morgan fingerprint density at radius 2 is 1.90 bits per heavy atom. The van der Waals surface area contributed by atoms with E-state index in [-0.39, 0.29) is 23.9 Å². The summed E-state index contributed by atoms with van der Waals surface area (Å²) in [6.07, 6.45) is 3.30. The number of rotatable bonds is 8. The summed E-state index contributed by atoms with van der Waals surface area (Å²) in [5, 5.41) is 3.04. The first kappa shape index (κ1) is 19.5. The summed E-state index contributed by atoms with van der Waals surface area (Å²) in [4.78, 5) is 12.2. The fourth-order valence-electron chi connectivity index (χ4n) is 1.94. The van der Waals surface area contributed by atoms with Crippen LogP contribution in [0.3, 0.4) is 0 Å². The molecule has 0 atom stereocenters. The first-order chi connectivity index (χ1) is 9.60. The Morgan fingerprint density at radius 3 is 2.33 bits per heavy atom. The molecule has 1 aromatic carbocycles. The van der Waals surface area contributed by atoms with Crippen LogP contribution < -0.4 is 15.8 Å². The van der Waals surface area contributed by atoms with Crippen LogP contribution in [0.1, 0.15) is 37.0 Å². The molecule has 0 heterocycles. The van der Waals surface area contributed by atoms with Gasteiger partial charge in [0.25, 0.3) is 5.91 Å². The normalized spacial score (nSPS) is 10.4. The van der Waals surface area contributed by atoms with Crippen molar-refractivity contribution in [1.82, 2.24) is 5.32 Å². The van der Waals surface area contributed by atoms with Crippen LogP contribution in [-0.4, -0.2) is 24.6 Å². The quantitative estimate of drug-likeness (QED) is 0.725. The molecule has 1 rings (SSSR count). The molecule has 0 spiro atoms. The van der Waals surface area contributed by atoms with Gasteiger partial charge in [-0.1, -0.05) is 26.5 Å². The molecule has 0 saturated heterocycles. The molecule has 0 unspecified atom stereocenters. The van der Waals surface area contributed by atoms with Gasteiger partial charge < -0.3 is 15.8 Å². The smallest absolute Gasteiger partial charge is 0.251 e. The molecule has 0 saturated carbocycles. The largest absolute Gasteiger partial charge is 0.490 e. The molecular weight excluding hydrogens is 288 g/mol. The zero-order chi connectivity index (χ0) is 15.0. The third-order valence-electron chi connectivity index (χ3n) is 3.61. The first-order valence-corrected chi connectivity index (χ1v) is 6.97. The van der Waals surface area contributed by atoms with Gasteiger partial charge in [-0.25, -0.2) is 0 Å². The molecule has 5 heteroatoms. The van der Waals surface area contributed by atoms with Crippen LogP contribution >= 0.6 is 12.4 Å². The fraction of sp³-hybridized carbons (Fsp3) is 0.438. The average Bonchev–Trinajstić information content (AvgIpc) is 2.51. The number of amides is 1. The van der Waals surface area contributed by atoms with Crippen molar-refractivity contribution in [3.63, 3.8) is 0 Å². The van der Waals surface area contributed by atoms with Crippen LogP contribution in [0.5, 0.6) is 5.75 Å². The second-order valence-electron chi connectivity index (χ2n) is 4.77. The lowest BCUT2D eigenvalue weighted by Crippen LogP contribution is -2.52. The Morgan fingerprint density at radius 1 is 1.33 bits per heavy atom. The molecule has 3 N–H and O–H groups in total. The summed E-state index contributed by atoms with van der Waals surface area (Å²) in [6, 6.07) is 7.06. The van der Waals surface area contributed by atoms with Crippen molar-refractivity contribution in [2.75, 3.05) is 13.2 Å². The highest BCUT2D eigenvalue weighted by molar-refractivity contribution is 5.94. The standard InChI is InChI=1S/C16H24N2O2.ClH/c1-4-11-20-14-9-7-13(8-10-14)15(19)18-16(5-2,6-3)12-17;/h4,7-10H,1,5-6,11-12,17H2,2-3H3,(H,18,19);1H. The Hall–Kier alpha value is -1.52. The number of halogens is 1. The summed E-state index contributed by atoms with van der Waals surface area (Å²) in [5.41, 5.74) is 6.07. The maximum atomic E-state index is 12.2. The Labute approximate surface area is 133 Å². The molecule has 0 aliphatic rings. The predicted octanol–water partition coefficient (Wildman–Crippen LogP) is 2.92. The molecule has 0 radical (unpaired) electrons. The highest BCUT2D eigenvalue weighted by Gasteiger charge is 2.26.